The molecule has 1 aromatic carbocycles. The number of aromatic nitrogens is 3. The van der Waals surface area contributed by atoms with Gasteiger partial charge in [0.05, 0.1) is 33.6 Å². The molecule has 4 rings (SSSR count). The Bertz CT molecular complexity index is 1040. The van der Waals surface area contributed by atoms with Gasteiger partial charge in [-0.2, -0.15) is 4.98 Å². The quantitative estimate of drug-likeness (QED) is 0.342. The predicted octanol–water partition coefficient (Wildman–Crippen LogP) is 1.55. The topological polar surface area (TPSA) is 127 Å². The van der Waals surface area contributed by atoms with Gasteiger partial charge in [0, 0.05) is 25.6 Å². The fourth-order valence-corrected chi connectivity index (χ4v) is 5.07. The van der Waals surface area contributed by atoms with E-state index in [1.807, 2.05) is 45.3 Å². The van der Waals surface area contributed by atoms with E-state index in [2.05, 4.69) is 20.5 Å². The number of anilines is 2. The number of benzene rings is 1. The van der Waals surface area contributed by atoms with Crippen LogP contribution in [0.3, 0.4) is 0 Å². The van der Waals surface area contributed by atoms with Crippen LogP contribution >= 0.6 is 11.3 Å². The van der Waals surface area contributed by atoms with Crippen molar-refractivity contribution < 1.29 is 15.3 Å². The number of hydrogen-bond donors (Lipinski definition) is 5. The van der Waals surface area contributed by atoms with Crippen molar-refractivity contribution in [3.63, 3.8) is 0 Å². The van der Waals surface area contributed by atoms with E-state index in [4.69, 9.17) is 9.97 Å². The van der Waals surface area contributed by atoms with Gasteiger partial charge < -0.3 is 30.9 Å². The number of aryl methyl sites for hydroxylation is 1. The number of aliphatic hydroxyl groups is 3. The van der Waals surface area contributed by atoms with Crippen LogP contribution in [0, 0.1) is 12.8 Å². The zero-order valence-corrected chi connectivity index (χ0v) is 19.3. The Morgan fingerprint density at radius 3 is 2.59 bits per heavy atom. The third kappa shape index (κ3) is 4.69. The van der Waals surface area contributed by atoms with E-state index >= 15 is 0 Å². The molecule has 172 valence electrons. The number of hydrogen-bond acceptors (Lipinski definition) is 10. The Morgan fingerprint density at radius 2 is 1.91 bits per heavy atom. The number of rotatable bonds is 8. The lowest BCUT2D eigenvalue weighted by molar-refractivity contribution is 0.00446. The maximum atomic E-state index is 10.5. The molecule has 1 aliphatic rings. The Labute approximate surface area is 191 Å². The first-order valence-electron chi connectivity index (χ1n) is 10.7. The van der Waals surface area contributed by atoms with Crippen LogP contribution in [0.5, 0.6) is 0 Å². The number of fused-ring (bicyclic) bond motifs is 1. The van der Waals surface area contributed by atoms with Crippen LogP contribution < -0.4 is 10.6 Å². The van der Waals surface area contributed by atoms with E-state index in [-0.39, 0.29) is 12.5 Å². The summed E-state index contributed by atoms with van der Waals surface area (Å²) in [5, 5.41) is 37.7. The minimum Gasteiger partial charge on any atom is -0.396 e. The lowest BCUT2D eigenvalue weighted by Crippen LogP contribution is -2.35. The Morgan fingerprint density at radius 1 is 1.12 bits per heavy atom. The molecular weight excluding hydrogens is 428 g/mol. The monoisotopic (exact) mass is 458 g/mol. The fraction of sp³-hybridized carbons (Fsp3) is 0.500. The molecule has 0 amide bonds. The Hall–Kier alpha value is -2.37. The predicted molar refractivity (Wildman–Crippen MR) is 127 cm³/mol. The molecule has 2 aromatic heterocycles. The summed E-state index contributed by atoms with van der Waals surface area (Å²) in [7, 11) is 4.00. The summed E-state index contributed by atoms with van der Waals surface area (Å²) in [5.41, 5.74) is 2.45. The molecule has 5 N–H and O–H groups in total. The highest BCUT2D eigenvalue weighted by atomic mass is 32.1. The largest absolute Gasteiger partial charge is 0.396 e. The van der Waals surface area contributed by atoms with Crippen molar-refractivity contribution >= 4 is 33.3 Å². The summed E-state index contributed by atoms with van der Waals surface area (Å²) in [4.78, 5) is 16.2. The van der Waals surface area contributed by atoms with Crippen molar-refractivity contribution in [1.82, 2.24) is 19.9 Å². The SMILES string of the molecule is Cc1nc(NCCN(C)C)nc(N[C@@H]2C[C@H](CO)[C@@H](O)[C@H]2O)c1-c1nc2ccccc2s1. The number of aliphatic hydroxyl groups excluding tert-OH is 3. The average Bonchev–Trinajstić information content (AvgIpc) is 3.29. The van der Waals surface area contributed by atoms with Gasteiger partial charge in [-0.05, 0) is 39.6 Å². The van der Waals surface area contributed by atoms with Gasteiger partial charge in [0.15, 0.2) is 0 Å². The maximum absolute atomic E-state index is 10.5. The third-order valence-corrected chi connectivity index (χ3v) is 6.85. The van der Waals surface area contributed by atoms with Crippen LogP contribution in [0.2, 0.25) is 0 Å². The first-order valence-corrected chi connectivity index (χ1v) is 11.6. The van der Waals surface area contributed by atoms with Crippen molar-refractivity contribution in [2.75, 3.05) is 44.4 Å². The van der Waals surface area contributed by atoms with E-state index in [1.165, 1.54) is 0 Å². The van der Waals surface area contributed by atoms with Gasteiger partial charge in [0.1, 0.15) is 16.9 Å². The summed E-state index contributed by atoms with van der Waals surface area (Å²) in [6.07, 6.45) is -1.55. The van der Waals surface area contributed by atoms with E-state index in [0.717, 1.165) is 33.0 Å². The molecule has 0 saturated heterocycles. The number of nitrogens with zero attached hydrogens (tertiary/aromatic N) is 4. The lowest BCUT2D eigenvalue weighted by Gasteiger charge is -2.21. The third-order valence-electron chi connectivity index (χ3n) is 5.80. The van der Waals surface area contributed by atoms with Crippen LogP contribution in [0.15, 0.2) is 24.3 Å². The standard InChI is InChI=1S/C22H30N6O3S/c1-12-17(21-26-14-6-4-5-7-16(14)32-21)20(27-22(24-12)23-8-9-28(2)3)25-15-10-13(11-29)18(30)19(15)31/h4-7,13,15,18-19,29-31H,8-11H2,1-3H3,(H2,23,24,25,27)/t13-,15-,18-,19+/m1/s1. The minimum absolute atomic E-state index is 0.179. The van der Waals surface area contributed by atoms with Crippen molar-refractivity contribution in [1.29, 1.82) is 0 Å². The first-order chi connectivity index (χ1) is 15.4. The number of para-hydroxylation sites is 1. The van der Waals surface area contributed by atoms with Crippen LogP contribution in [-0.2, 0) is 0 Å². The molecule has 1 aliphatic carbocycles. The van der Waals surface area contributed by atoms with Gasteiger partial charge in [-0.1, -0.05) is 12.1 Å². The number of nitrogens with one attached hydrogen (secondary N) is 2. The van der Waals surface area contributed by atoms with Crippen molar-refractivity contribution in [2.45, 2.75) is 31.6 Å². The summed E-state index contributed by atoms with van der Waals surface area (Å²) in [6.45, 7) is 3.25. The second-order valence-electron chi connectivity index (χ2n) is 8.48. The van der Waals surface area contributed by atoms with Gasteiger partial charge >= 0.3 is 0 Å². The van der Waals surface area contributed by atoms with Crippen molar-refractivity contribution in [2.24, 2.45) is 5.92 Å². The average molecular weight is 459 g/mol. The van der Waals surface area contributed by atoms with E-state index in [1.54, 1.807) is 11.3 Å². The maximum Gasteiger partial charge on any atom is 0.224 e. The van der Waals surface area contributed by atoms with Gasteiger partial charge in [0.25, 0.3) is 0 Å². The van der Waals surface area contributed by atoms with Crippen LogP contribution in [-0.4, -0.2) is 87.2 Å². The highest BCUT2D eigenvalue weighted by Crippen LogP contribution is 2.38. The molecule has 0 bridgehead atoms. The first kappa shape index (κ1) is 22.8. The molecular formula is C22H30N6O3S. The molecule has 2 heterocycles. The summed E-state index contributed by atoms with van der Waals surface area (Å²) < 4.78 is 1.07. The van der Waals surface area contributed by atoms with Crippen molar-refractivity contribution in [3.8, 4) is 10.6 Å². The molecule has 10 heteroatoms. The molecule has 0 radical (unpaired) electrons. The highest BCUT2D eigenvalue weighted by molar-refractivity contribution is 7.21. The van der Waals surface area contributed by atoms with Crippen LogP contribution in [0.1, 0.15) is 12.1 Å². The van der Waals surface area contributed by atoms with Gasteiger partial charge in [-0.25, -0.2) is 9.97 Å². The molecule has 0 aliphatic heterocycles. The van der Waals surface area contributed by atoms with Crippen molar-refractivity contribution in [3.05, 3.63) is 30.0 Å². The molecule has 4 atom stereocenters. The molecule has 0 unspecified atom stereocenters. The summed E-state index contributed by atoms with van der Waals surface area (Å²) in [6, 6.07) is 7.49. The molecule has 0 spiro atoms. The van der Waals surface area contributed by atoms with Crippen LogP contribution in [0.4, 0.5) is 11.8 Å². The minimum atomic E-state index is -1.00. The second-order valence-corrected chi connectivity index (χ2v) is 9.51. The van der Waals surface area contributed by atoms with E-state index < -0.39 is 18.2 Å². The molecule has 1 fully saturated rings. The lowest BCUT2D eigenvalue weighted by atomic mass is 10.1. The zero-order valence-electron chi connectivity index (χ0n) is 18.5. The Balaban J connectivity index is 1.71. The van der Waals surface area contributed by atoms with Gasteiger partial charge in [-0.3, -0.25) is 0 Å². The van der Waals surface area contributed by atoms with Crippen LogP contribution in [0.25, 0.3) is 20.8 Å². The number of thiazole rings is 1. The second kappa shape index (κ2) is 9.63. The zero-order chi connectivity index (χ0) is 22.8. The molecule has 3 aromatic rings. The van der Waals surface area contributed by atoms with Gasteiger partial charge in [-0.15, -0.1) is 11.3 Å². The smallest absolute Gasteiger partial charge is 0.224 e. The summed E-state index contributed by atoms with van der Waals surface area (Å²) >= 11 is 1.56. The Kier molecular flexibility index (Phi) is 6.87. The normalized spacial score (nSPS) is 23.2. The summed E-state index contributed by atoms with van der Waals surface area (Å²) in [5.74, 6) is 0.663. The van der Waals surface area contributed by atoms with E-state index in [0.29, 0.717) is 24.7 Å². The number of likely N-dealkylation sites (N-methyl/N-ethyl adjacent to an activating group) is 1. The molecule has 9 nitrogen and oxygen atoms in total. The van der Waals surface area contributed by atoms with Gasteiger partial charge in [0.2, 0.25) is 5.95 Å². The molecule has 1 saturated carbocycles. The molecule has 32 heavy (non-hydrogen) atoms. The van der Waals surface area contributed by atoms with E-state index in [9.17, 15) is 15.3 Å². The fourth-order valence-electron chi connectivity index (χ4n) is 4.01. The highest BCUT2D eigenvalue weighted by Gasteiger charge is 2.41.